The second-order valence-corrected chi connectivity index (χ2v) is 7.39. The Morgan fingerprint density at radius 3 is 0.765 bits per heavy atom. The molecule has 0 spiro atoms. The van der Waals surface area contributed by atoms with Crippen molar-refractivity contribution in [1.82, 2.24) is 0 Å². The first-order valence-corrected chi connectivity index (χ1v) is 7.65. The van der Waals surface area contributed by atoms with Crippen LogP contribution >= 0.6 is 0 Å². The van der Waals surface area contributed by atoms with Crippen molar-refractivity contribution < 1.29 is 0 Å². The van der Waals surface area contributed by atoms with Crippen LogP contribution < -0.4 is 0 Å². The summed E-state index contributed by atoms with van der Waals surface area (Å²) >= 11 is 0. The van der Waals surface area contributed by atoms with Gasteiger partial charge in [-0.05, 0) is 48.9 Å². The Hall–Kier alpha value is 0. The van der Waals surface area contributed by atoms with Crippen molar-refractivity contribution >= 4 is 0 Å². The van der Waals surface area contributed by atoms with Crippen LogP contribution in [-0.2, 0) is 0 Å². The van der Waals surface area contributed by atoms with E-state index in [0.29, 0.717) is 0 Å². The van der Waals surface area contributed by atoms with E-state index in [0.717, 1.165) is 29.6 Å². The molecule has 0 aromatic rings. The fourth-order valence-corrected chi connectivity index (χ4v) is 2.65. The minimum Gasteiger partial charge on any atom is -0.0628 e. The second kappa shape index (κ2) is 11.1. The minimum absolute atomic E-state index is 0.869. The molecule has 17 heavy (non-hydrogen) atoms. The SMILES string of the molecule is CC(C)CC(C)C.CC(C)CC(C)CC(C)C. The van der Waals surface area contributed by atoms with E-state index < -0.39 is 0 Å². The van der Waals surface area contributed by atoms with E-state index in [1.807, 2.05) is 0 Å². The highest BCUT2D eigenvalue weighted by Gasteiger charge is 2.06. The van der Waals surface area contributed by atoms with Gasteiger partial charge in [0.05, 0.1) is 0 Å². The average molecular weight is 242 g/mol. The Balaban J connectivity index is 0. The summed E-state index contributed by atoms with van der Waals surface area (Å²) in [5.41, 5.74) is 0. The lowest BCUT2D eigenvalue weighted by molar-refractivity contribution is 0.368. The lowest BCUT2D eigenvalue weighted by Gasteiger charge is -2.15. The molecular formula is C17H38. The van der Waals surface area contributed by atoms with Crippen molar-refractivity contribution in [2.45, 2.75) is 81.6 Å². The Morgan fingerprint density at radius 1 is 0.412 bits per heavy atom. The summed E-state index contributed by atoms with van der Waals surface area (Å²) in [7, 11) is 0. The molecule has 0 aliphatic rings. The largest absolute Gasteiger partial charge is 0.0628 e. The van der Waals surface area contributed by atoms with Gasteiger partial charge in [-0.3, -0.25) is 0 Å². The van der Waals surface area contributed by atoms with Crippen LogP contribution in [0.4, 0.5) is 0 Å². The summed E-state index contributed by atoms with van der Waals surface area (Å²) in [6.45, 7) is 20.6. The van der Waals surface area contributed by atoms with Gasteiger partial charge in [-0.2, -0.15) is 0 Å². The van der Waals surface area contributed by atoms with Crippen LogP contribution in [0.3, 0.4) is 0 Å². The second-order valence-electron chi connectivity index (χ2n) is 7.39. The Kier molecular flexibility index (Phi) is 12.6. The first kappa shape index (κ1) is 19.3. The van der Waals surface area contributed by atoms with E-state index in [1.54, 1.807) is 0 Å². The van der Waals surface area contributed by atoms with Crippen molar-refractivity contribution in [1.29, 1.82) is 0 Å². The highest BCUT2D eigenvalue weighted by molar-refractivity contribution is 4.58. The van der Waals surface area contributed by atoms with E-state index in [1.165, 1.54) is 19.3 Å². The molecule has 0 aliphatic heterocycles. The van der Waals surface area contributed by atoms with Crippen molar-refractivity contribution in [3.8, 4) is 0 Å². The van der Waals surface area contributed by atoms with E-state index in [9.17, 15) is 0 Å². The van der Waals surface area contributed by atoms with E-state index in [2.05, 4.69) is 62.3 Å². The standard InChI is InChI=1S/C10H22.C7H16/c1-8(2)6-10(5)7-9(3)4;1-6(2)5-7(3)4/h8-10H,6-7H2,1-5H3;6-7H,5H2,1-4H3. The predicted octanol–water partition coefficient (Wildman–Crippen LogP) is 6.40. The first-order valence-electron chi connectivity index (χ1n) is 7.65. The van der Waals surface area contributed by atoms with Crippen LogP contribution in [0.25, 0.3) is 0 Å². The van der Waals surface area contributed by atoms with Crippen LogP contribution in [0.5, 0.6) is 0 Å². The van der Waals surface area contributed by atoms with Gasteiger partial charge in [-0.1, -0.05) is 62.3 Å². The van der Waals surface area contributed by atoms with Crippen molar-refractivity contribution in [2.24, 2.45) is 29.6 Å². The summed E-state index contributed by atoms with van der Waals surface area (Å²) in [6.07, 6.45) is 4.14. The smallest absolute Gasteiger partial charge is 0.0438 e. The molecule has 0 unspecified atom stereocenters. The van der Waals surface area contributed by atoms with E-state index in [4.69, 9.17) is 0 Å². The zero-order valence-electron chi connectivity index (χ0n) is 14.0. The molecule has 0 aromatic carbocycles. The molecule has 106 valence electrons. The molecule has 0 saturated heterocycles. The number of hydrogen-bond acceptors (Lipinski definition) is 0. The highest BCUT2D eigenvalue weighted by atomic mass is 14.1. The van der Waals surface area contributed by atoms with Gasteiger partial charge in [0.25, 0.3) is 0 Å². The van der Waals surface area contributed by atoms with Gasteiger partial charge in [0.15, 0.2) is 0 Å². The van der Waals surface area contributed by atoms with Crippen molar-refractivity contribution in [3.05, 3.63) is 0 Å². The monoisotopic (exact) mass is 242 g/mol. The molecule has 0 saturated carbocycles. The quantitative estimate of drug-likeness (QED) is 0.505. The summed E-state index contributed by atoms with van der Waals surface area (Å²) in [6, 6.07) is 0. The van der Waals surface area contributed by atoms with Crippen molar-refractivity contribution in [3.63, 3.8) is 0 Å². The van der Waals surface area contributed by atoms with E-state index in [-0.39, 0.29) is 0 Å². The topological polar surface area (TPSA) is 0 Å². The van der Waals surface area contributed by atoms with Gasteiger partial charge >= 0.3 is 0 Å². The van der Waals surface area contributed by atoms with Crippen molar-refractivity contribution in [2.75, 3.05) is 0 Å². The van der Waals surface area contributed by atoms with Crippen LogP contribution in [0.1, 0.15) is 81.6 Å². The normalized spacial score (nSPS) is 11.6. The number of rotatable bonds is 6. The summed E-state index contributed by atoms with van der Waals surface area (Å²) < 4.78 is 0. The fraction of sp³-hybridized carbons (Fsp3) is 1.00. The third-order valence-corrected chi connectivity index (χ3v) is 2.69. The molecule has 0 radical (unpaired) electrons. The maximum Gasteiger partial charge on any atom is -0.0438 e. The van der Waals surface area contributed by atoms with Gasteiger partial charge < -0.3 is 0 Å². The number of hydrogen-bond donors (Lipinski definition) is 0. The van der Waals surface area contributed by atoms with Crippen LogP contribution in [0.15, 0.2) is 0 Å². The lowest BCUT2D eigenvalue weighted by Crippen LogP contribution is -2.03. The van der Waals surface area contributed by atoms with Gasteiger partial charge in [0.2, 0.25) is 0 Å². The highest BCUT2D eigenvalue weighted by Crippen LogP contribution is 2.18. The Bertz CT molecular complexity index is 126. The van der Waals surface area contributed by atoms with Gasteiger partial charge in [-0.25, -0.2) is 0 Å². The maximum atomic E-state index is 2.36. The third-order valence-electron chi connectivity index (χ3n) is 2.69. The third kappa shape index (κ3) is 21.8. The Morgan fingerprint density at radius 2 is 0.647 bits per heavy atom. The van der Waals surface area contributed by atoms with Crippen LogP contribution in [-0.4, -0.2) is 0 Å². The lowest BCUT2D eigenvalue weighted by atomic mass is 9.91. The molecule has 0 aliphatic carbocycles. The van der Waals surface area contributed by atoms with Crippen LogP contribution in [0.2, 0.25) is 0 Å². The van der Waals surface area contributed by atoms with Gasteiger partial charge in [0, 0.05) is 0 Å². The summed E-state index contributed by atoms with van der Waals surface area (Å²) in [5, 5.41) is 0. The molecule has 0 N–H and O–H groups in total. The molecule has 0 atom stereocenters. The molecule has 0 aromatic heterocycles. The molecule has 0 fully saturated rings. The molecule has 0 rings (SSSR count). The zero-order valence-corrected chi connectivity index (χ0v) is 14.0. The molecule has 0 nitrogen and oxygen atoms in total. The maximum absolute atomic E-state index is 2.36. The van der Waals surface area contributed by atoms with E-state index >= 15 is 0 Å². The zero-order chi connectivity index (χ0) is 14.0. The van der Waals surface area contributed by atoms with Gasteiger partial charge in [0.1, 0.15) is 0 Å². The summed E-state index contributed by atoms with van der Waals surface area (Å²) in [5.74, 6) is 4.41. The molecular weight excluding hydrogens is 204 g/mol. The fourth-order valence-electron chi connectivity index (χ4n) is 2.65. The van der Waals surface area contributed by atoms with Gasteiger partial charge in [-0.15, -0.1) is 0 Å². The predicted molar refractivity (Wildman–Crippen MR) is 82.4 cm³/mol. The first-order chi connectivity index (χ1) is 7.65. The molecule has 0 amide bonds. The molecule has 0 heteroatoms. The van der Waals surface area contributed by atoms with Crippen LogP contribution in [0, 0.1) is 29.6 Å². The summed E-state index contributed by atoms with van der Waals surface area (Å²) in [4.78, 5) is 0. The molecule has 0 bridgehead atoms. The Labute approximate surface area is 112 Å². The average Bonchev–Trinajstić information content (AvgIpc) is 1.97. The molecule has 0 heterocycles. The minimum atomic E-state index is 0.869.